The van der Waals surface area contributed by atoms with Gasteiger partial charge in [0, 0.05) is 25.6 Å². The number of fused-ring (bicyclic) bond motifs is 1. The number of piperidine rings is 1. The Morgan fingerprint density at radius 1 is 1.40 bits per heavy atom. The first-order chi connectivity index (χ1) is 9.88. The van der Waals surface area contributed by atoms with Crippen LogP contribution in [0.15, 0.2) is 16.8 Å². The van der Waals surface area contributed by atoms with Crippen LogP contribution in [-0.2, 0) is 6.42 Å². The van der Waals surface area contributed by atoms with Gasteiger partial charge in [0.05, 0.1) is 0 Å². The summed E-state index contributed by atoms with van der Waals surface area (Å²) in [5, 5.41) is 15.4. The van der Waals surface area contributed by atoms with E-state index >= 15 is 0 Å². The number of anilines is 1. The third kappa shape index (κ3) is 2.33. The van der Waals surface area contributed by atoms with E-state index in [-0.39, 0.29) is 0 Å². The van der Waals surface area contributed by atoms with E-state index in [1.54, 1.807) is 11.3 Å². The molecule has 2 aliphatic heterocycles. The van der Waals surface area contributed by atoms with Crippen molar-refractivity contribution in [3.63, 3.8) is 0 Å². The van der Waals surface area contributed by atoms with Gasteiger partial charge in [-0.2, -0.15) is 16.3 Å². The van der Waals surface area contributed by atoms with Crippen LogP contribution in [0.1, 0.15) is 24.2 Å². The van der Waals surface area contributed by atoms with Crippen LogP contribution in [0.4, 0.5) is 5.95 Å². The van der Waals surface area contributed by atoms with Crippen molar-refractivity contribution in [1.29, 1.82) is 0 Å². The maximum absolute atomic E-state index is 4.66. The predicted molar refractivity (Wildman–Crippen MR) is 80.2 cm³/mol. The number of nitrogens with zero attached hydrogens (tertiary/aromatic N) is 3. The molecule has 2 aromatic rings. The summed E-state index contributed by atoms with van der Waals surface area (Å²) >= 11 is 1.72. The molecular formula is C14H19N5S. The summed E-state index contributed by atoms with van der Waals surface area (Å²) in [6.45, 7) is 3.29. The molecule has 20 heavy (non-hydrogen) atoms. The van der Waals surface area contributed by atoms with Crippen molar-refractivity contribution < 1.29 is 0 Å². The van der Waals surface area contributed by atoms with E-state index in [1.807, 2.05) is 0 Å². The second kappa shape index (κ2) is 5.18. The maximum Gasteiger partial charge on any atom is 0.244 e. The summed E-state index contributed by atoms with van der Waals surface area (Å²) in [7, 11) is 0. The van der Waals surface area contributed by atoms with Crippen LogP contribution in [0, 0.1) is 5.92 Å². The van der Waals surface area contributed by atoms with Crippen molar-refractivity contribution in [3.05, 3.63) is 28.2 Å². The molecule has 0 radical (unpaired) electrons. The van der Waals surface area contributed by atoms with Crippen molar-refractivity contribution >= 4 is 17.3 Å². The minimum absolute atomic E-state index is 0.627. The Morgan fingerprint density at radius 3 is 3.25 bits per heavy atom. The molecule has 2 aliphatic rings. The molecule has 2 saturated heterocycles. The van der Waals surface area contributed by atoms with Crippen molar-refractivity contribution in [1.82, 2.24) is 20.5 Å². The lowest BCUT2D eigenvalue weighted by atomic mass is 9.94. The summed E-state index contributed by atoms with van der Waals surface area (Å²) < 4.78 is 0. The fourth-order valence-electron chi connectivity index (χ4n) is 3.30. The largest absolute Gasteiger partial charge is 0.338 e. The Labute approximate surface area is 122 Å². The number of thiophene rings is 1. The fraction of sp³-hybridized carbons (Fsp3) is 0.571. The second-order valence-corrected chi connectivity index (χ2v) is 6.54. The molecule has 2 unspecified atom stereocenters. The number of aromatic nitrogens is 3. The zero-order chi connectivity index (χ0) is 13.4. The quantitative estimate of drug-likeness (QED) is 0.902. The minimum atomic E-state index is 0.627. The highest BCUT2D eigenvalue weighted by molar-refractivity contribution is 7.07. The molecule has 106 valence electrons. The van der Waals surface area contributed by atoms with Gasteiger partial charge in [0.2, 0.25) is 5.95 Å². The van der Waals surface area contributed by atoms with Crippen LogP contribution >= 0.6 is 11.3 Å². The van der Waals surface area contributed by atoms with Crippen LogP contribution in [0.2, 0.25) is 0 Å². The van der Waals surface area contributed by atoms with E-state index in [4.69, 9.17) is 0 Å². The number of rotatable bonds is 3. The zero-order valence-corrected chi connectivity index (χ0v) is 12.2. The lowest BCUT2D eigenvalue weighted by molar-refractivity contribution is 0.340. The number of aromatic amines is 1. The molecule has 6 heteroatoms. The molecule has 0 amide bonds. The van der Waals surface area contributed by atoms with Gasteiger partial charge in [-0.15, -0.1) is 5.10 Å². The molecule has 4 heterocycles. The number of hydrogen-bond acceptors (Lipinski definition) is 5. The Hall–Kier alpha value is -1.40. The predicted octanol–water partition coefficient (Wildman–Crippen LogP) is 1.65. The molecule has 2 N–H and O–H groups in total. The standard InChI is InChI=1S/C14H19N5S/c1-2-11-7-19(8-12(11)15-4-1)14-16-13(17-18-14)6-10-3-5-20-9-10/h3,5,9,11-12,15H,1-2,4,6-8H2,(H,16,17,18). The lowest BCUT2D eigenvalue weighted by Gasteiger charge is -2.24. The van der Waals surface area contributed by atoms with Crippen LogP contribution in [0.25, 0.3) is 0 Å². The number of nitrogens with one attached hydrogen (secondary N) is 2. The van der Waals surface area contributed by atoms with E-state index in [0.717, 1.165) is 43.7 Å². The highest BCUT2D eigenvalue weighted by Crippen LogP contribution is 2.27. The molecule has 2 atom stereocenters. The topological polar surface area (TPSA) is 56.8 Å². The van der Waals surface area contributed by atoms with Gasteiger partial charge in [-0.05, 0) is 47.7 Å². The molecule has 0 bridgehead atoms. The minimum Gasteiger partial charge on any atom is -0.338 e. The summed E-state index contributed by atoms with van der Waals surface area (Å²) in [6.07, 6.45) is 3.47. The first-order valence-corrected chi connectivity index (χ1v) is 8.23. The Morgan fingerprint density at radius 2 is 2.40 bits per heavy atom. The lowest BCUT2D eigenvalue weighted by Crippen LogP contribution is -2.40. The van der Waals surface area contributed by atoms with Gasteiger partial charge in [0.1, 0.15) is 5.82 Å². The van der Waals surface area contributed by atoms with Gasteiger partial charge in [0.15, 0.2) is 0 Å². The van der Waals surface area contributed by atoms with E-state index in [2.05, 4.69) is 42.2 Å². The van der Waals surface area contributed by atoms with E-state index in [1.165, 1.54) is 18.4 Å². The SMILES string of the molecule is c1cc(Cc2nc(N3CC4CCCNC4C3)n[nH]2)cs1. The van der Waals surface area contributed by atoms with Gasteiger partial charge >= 0.3 is 0 Å². The van der Waals surface area contributed by atoms with Crippen LogP contribution in [0.3, 0.4) is 0 Å². The molecule has 0 spiro atoms. The molecule has 2 aromatic heterocycles. The monoisotopic (exact) mass is 289 g/mol. The Balaban J connectivity index is 1.45. The summed E-state index contributed by atoms with van der Waals surface area (Å²) in [5.74, 6) is 2.59. The smallest absolute Gasteiger partial charge is 0.244 e. The van der Waals surface area contributed by atoms with E-state index in [0.29, 0.717) is 6.04 Å². The van der Waals surface area contributed by atoms with Crippen LogP contribution in [-0.4, -0.2) is 40.9 Å². The second-order valence-electron chi connectivity index (χ2n) is 5.76. The average Bonchev–Trinajstić information content (AvgIpc) is 3.18. The molecule has 4 rings (SSSR count). The van der Waals surface area contributed by atoms with Crippen molar-refractivity contribution in [2.75, 3.05) is 24.5 Å². The highest BCUT2D eigenvalue weighted by atomic mass is 32.1. The normalized spacial score (nSPS) is 25.9. The van der Waals surface area contributed by atoms with Crippen molar-refractivity contribution in [3.8, 4) is 0 Å². The zero-order valence-electron chi connectivity index (χ0n) is 11.4. The number of hydrogen-bond donors (Lipinski definition) is 2. The van der Waals surface area contributed by atoms with Gasteiger partial charge in [-0.25, -0.2) is 0 Å². The van der Waals surface area contributed by atoms with Gasteiger partial charge in [0.25, 0.3) is 0 Å². The van der Waals surface area contributed by atoms with Gasteiger partial charge < -0.3 is 10.2 Å². The third-order valence-electron chi connectivity index (χ3n) is 4.35. The highest BCUT2D eigenvalue weighted by Gasteiger charge is 2.35. The molecular weight excluding hydrogens is 270 g/mol. The van der Waals surface area contributed by atoms with Crippen LogP contribution < -0.4 is 10.2 Å². The fourth-order valence-corrected chi connectivity index (χ4v) is 3.97. The first-order valence-electron chi connectivity index (χ1n) is 7.29. The van der Waals surface area contributed by atoms with E-state index < -0.39 is 0 Å². The average molecular weight is 289 g/mol. The van der Waals surface area contributed by atoms with Crippen LogP contribution in [0.5, 0.6) is 0 Å². The summed E-state index contributed by atoms with van der Waals surface area (Å²) in [4.78, 5) is 6.98. The van der Waals surface area contributed by atoms with Gasteiger partial charge in [-0.1, -0.05) is 0 Å². The maximum atomic E-state index is 4.66. The molecule has 0 aromatic carbocycles. The van der Waals surface area contributed by atoms with Crippen molar-refractivity contribution in [2.24, 2.45) is 5.92 Å². The van der Waals surface area contributed by atoms with Gasteiger partial charge in [-0.3, -0.25) is 5.10 Å². The van der Waals surface area contributed by atoms with Crippen molar-refractivity contribution in [2.45, 2.75) is 25.3 Å². The third-order valence-corrected chi connectivity index (χ3v) is 5.09. The van der Waals surface area contributed by atoms with E-state index in [9.17, 15) is 0 Å². The summed E-state index contributed by atoms with van der Waals surface area (Å²) in [5.41, 5.74) is 1.30. The Bertz CT molecular complexity index is 550. The Kier molecular flexibility index (Phi) is 3.20. The first kappa shape index (κ1) is 12.3. The molecule has 2 fully saturated rings. The summed E-state index contributed by atoms with van der Waals surface area (Å²) in [6, 6.07) is 2.77. The molecule has 5 nitrogen and oxygen atoms in total. The number of H-pyrrole nitrogens is 1. The molecule has 0 saturated carbocycles. The molecule has 0 aliphatic carbocycles.